The van der Waals surface area contributed by atoms with Crippen molar-refractivity contribution in [1.29, 1.82) is 0 Å². The van der Waals surface area contributed by atoms with Gasteiger partial charge < -0.3 is 21.1 Å². The summed E-state index contributed by atoms with van der Waals surface area (Å²) in [6, 6.07) is 5.93. The Hall–Kier alpha value is -3.08. The van der Waals surface area contributed by atoms with E-state index in [4.69, 9.17) is 22.1 Å². The molecule has 32 heavy (non-hydrogen) atoms. The van der Waals surface area contributed by atoms with E-state index in [9.17, 15) is 23.6 Å². The van der Waals surface area contributed by atoms with E-state index < -0.39 is 35.3 Å². The van der Waals surface area contributed by atoms with E-state index in [1.807, 2.05) is 13.8 Å². The fraction of sp³-hybridized carbons (Fsp3) is 0.500. The van der Waals surface area contributed by atoms with Gasteiger partial charge in [0.15, 0.2) is 0 Å². The van der Waals surface area contributed by atoms with E-state index in [0.717, 1.165) is 0 Å². The minimum atomic E-state index is -2.42. The molecule has 0 fully saturated rings. The Balaban J connectivity index is 2.80. The van der Waals surface area contributed by atoms with E-state index in [2.05, 4.69) is 16.1 Å². The predicted molar refractivity (Wildman–Crippen MR) is 117 cm³/mol. The first-order chi connectivity index (χ1) is 15.0. The molecule has 0 saturated heterocycles. The lowest BCUT2D eigenvalue weighted by atomic mass is 10.0. The van der Waals surface area contributed by atoms with Crippen molar-refractivity contribution in [1.82, 2.24) is 15.8 Å². The Labute approximate surface area is 190 Å². The molecule has 0 spiro atoms. The number of halogens is 2. The van der Waals surface area contributed by atoms with Crippen LogP contribution in [0.15, 0.2) is 24.3 Å². The molecule has 1 aromatic rings. The minimum Gasteiger partial charge on any atom is -0.497 e. The highest BCUT2D eigenvalue weighted by molar-refractivity contribution is 6.29. The smallest absolute Gasteiger partial charge is 0.291 e. The van der Waals surface area contributed by atoms with Crippen molar-refractivity contribution in [2.45, 2.75) is 38.4 Å². The van der Waals surface area contributed by atoms with E-state index in [1.165, 1.54) is 7.11 Å². The summed E-state index contributed by atoms with van der Waals surface area (Å²) in [4.78, 5) is 48.0. The summed E-state index contributed by atoms with van der Waals surface area (Å²) in [5.74, 6) is -2.63. The topological polar surface area (TPSA) is 143 Å². The number of hydrazine groups is 1. The molecule has 0 aliphatic rings. The summed E-state index contributed by atoms with van der Waals surface area (Å²) in [7, 11) is 1.52. The lowest BCUT2D eigenvalue weighted by Gasteiger charge is -2.27. The lowest BCUT2D eigenvalue weighted by Crippen LogP contribution is -2.56. The number of ether oxygens (including phenoxy) is 1. The van der Waals surface area contributed by atoms with Gasteiger partial charge in [-0.2, -0.15) is 0 Å². The van der Waals surface area contributed by atoms with Gasteiger partial charge >= 0.3 is 0 Å². The minimum absolute atomic E-state index is 0.00844. The molecular weight excluding hydrogens is 445 g/mol. The van der Waals surface area contributed by atoms with Crippen LogP contribution in [0, 0.1) is 5.92 Å². The maximum atomic E-state index is 13.3. The molecule has 0 radical (unpaired) electrons. The average Bonchev–Trinajstić information content (AvgIpc) is 2.73. The van der Waals surface area contributed by atoms with E-state index in [1.54, 1.807) is 24.3 Å². The number of nitrogens with two attached hydrogens (primary N) is 1. The number of nitrogens with one attached hydrogen (secondary N) is 3. The largest absolute Gasteiger partial charge is 0.497 e. The number of amides is 4. The summed E-state index contributed by atoms with van der Waals surface area (Å²) in [6.07, 6.45) is -0.0736. The fourth-order valence-electron chi connectivity index (χ4n) is 2.64. The maximum absolute atomic E-state index is 13.3. The molecule has 178 valence electrons. The number of primary amides is 1. The first kappa shape index (κ1) is 27.0. The number of alkyl halides is 2. The van der Waals surface area contributed by atoms with Gasteiger partial charge in [-0.3, -0.25) is 24.6 Å². The molecule has 1 aromatic carbocycles. The molecule has 1 unspecified atom stereocenters. The summed E-state index contributed by atoms with van der Waals surface area (Å²) < 4.78 is 18.4. The number of anilines is 1. The summed E-state index contributed by atoms with van der Waals surface area (Å²) in [5, 5.41) is 6.08. The van der Waals surface area contributed by atoms with Crippen molar-refractivity contribution in [3.05, 3.63) is 24.3 Å². The van der Waals surface area contributed by atoms with Gasteiger partial charge in [-0.1, -0.05) is 31.5 Å². The lowest BCUT2D eigenvalue weighted by molar-refractivity contribution is -0.145. The van der Waals surface area contributed by atoms with Gasteiger partial charge in [-0.05, 0) is 24.5 Å². The van der Waals surface area contributed by atoms with Crippen molar-refractivity contribution in [2.75, 3.05) is 25.5 Å². The van der Waals surface area contributed by atoms with Crippen LogP contribution in [-0.2, 0) is 19.2 Å². The third-order valence-corrected chi connectivity index (χ3v) is 4.35. The van der Waals surface area contributed by atoms with Gasteiger partial charge in [0.05, 0.1) is 20.2 Å². The second-order valence-corrected chi connectivity index (χ2v) is 7.70. The normalized spacial score (nSPS) is 12.4. The molecule has 0 aliphatic heterocycles. The first-order valence-electron chi connectivity index (χ1n) is 9.89. The van der Waals surface area contributed by atoms with Gasteiger partial charge in [-0.15, -0.1) is 0 Å². The van der Waals surface area contributed by atoms with Crippen LogP contribution in [-0.4, -0.2) is 60.5 Å². The van der Waals surface area contributed by atoms with Crippen molar-refractivity contribution >= 4 is 40.9 Å². The number of methoxy groups -OCH3 is 1. The van der Waals surface area contributed by atoms with E-state index >= 15 is 0 Å². The molecule has 2 atom stereocenters. The fourth-order valence-corrected chi connectivity index (χ4v) is 2.75. The van der Waals surface area contributed by atoms with Crippen LogP contribution in [0.3, 0.4) is 0 Å². The Morgan fingerprint density at radius 3 is 2.50 bits per heavy atom. The number of hydrogen-bond donors (Lipinski definition) is 4. The molecule has 1 rings (SSSR count). The SMILES string of the molecule is COc1cccc(NCC(=O)N[C@@H](CC(C)C)C(=O)NN(CCC(N)=O)C(=O)C(F)Cl)c1. The van der Waals surface area contributed by atoms with Crippen molar-refractivity contribution < 1.29 is 28.3 Å². The Bertz CT molecular complexity index is 808. The van der Waals surface area contributed by atoms with Gasteiger partial charge in [0.2, 0.25) is 11.8 Å². The monoisotopic (exact) mass is 473 g/mol. The highest BCUT2D eigenvalue weighted by Gasteiger charge is 2.28. The highest BCUT2D eigenvalue weighted by Crippen LogP contribution is 2.16. The number of hydrogen-bond acceptors (Lipinski definition) is 6. The van der Waals surface area contributed by atoms with Gasteiger partial charge in [-0.25, -0.2) is 9.40 Å². The zero-order valence-corrected chi connectivity index (χ0v) is 18.9. The number of rotatable bonds is 12. The molecule has 12 heteroatoms. The number of nitrogens with zero attached hydrogens (tertiary/aromatic N) is 1. The Morgan fingerprint density at radius 1 is 1.25 bits per heavy atom. The van der Waals surface area contributed by atoms with Gasteiger partial charge in [0, 0.05) is 18.2 Å². The second kappa shape index (κ2) is 13.4. The molecular formula is C20H29ClFN5O5. The van der Waals surface area contributed by atoms with Gasteiger partial charge in [0.25, 0.3) is 17.4 Å². The molecule has 4 amide bonds. The quantitative estimate of drug-likeness (QED) is 0.262. The third-order valence-electron chi connectivity index (χ3n) is 4.16. The average molecular weight is 474 g/mol. The van der Waals surface area contributed by atoms with Crippen molar-refractivity contribution in [2.24, 2.45) is 11.7 Å². The van der Waals surface area contributed by atoms with Crippen LogP contribution < -0.4 is 26.5 Å². The zero-order chi connectivity index (χ0) is 24.3. The number of carbonyl (C=O) groups is 4. The zero-order valence-electron chi connectivity index (χ0n) is 18.2. The standard InChI is InChI=1S/C20H29ClFN5O5/c1-12(2)9-15(19(30)26-27(8-7-16(23)28)20(31)18(21)22)25-17(29)11-24-13-5-4-6-14(10-13)32-3/h4-6,10,12,15,18,24H,7-9,11H2,1-3H3,(H2,23,28)(H,25,29)(H,26,30)/t15-,18?/m0/s1. The van der Waals surface area contributed by atoms with Crippen LogP contribution >= 0.6 is 11.6 Å². The Morgan fingerprint density at radius 2 is 1.94 bits per heavy atom. The molecule has 0 aliphatic carbocycles. The predicted octanol–water partition coefficient (Wildman–Crippen LogP) is 0.908. The third kappa shape index (κ3) is 9.82. The molecule has 0 saturated carbocycles. The van der Waals surface area contributed by atoms with Crippen LogP contribution in [0.2, 0.25) is 0 Å². The van der Waals surface area contributed by atoms with Crippen molar-refractivity contribution in [3.63, 3.8) is 0 Å². The summed E-state index contributed by atoms with van der Waals surface area (Å²) in [6.45, 7) is 3.18. The van der Waals surface area contributed by atoms with Gasteiger partial charge in [0.1, 0.15) is 11.8 Å². The highest BCUT2D eigenvalue weighted by atomic mass is 35.5. The number of benzene rings is 1. The molecule has 0 aromatic heterocycles. The van der Waals surface area contributed by atoms with E-state index in [-0.39, 0.29) is 31.8 Å². The summed E-state index contributed by atoms with van der Waals surface area (Å²) in [5.41, 5.74) is 5.48. The molecule has 0 bridgehead atoms. The molecule has 10 nitrogen and oxygen atoms in total. The van der Waals surface area contributed by atoms with E-state index in [0.29, 0.717) is 16.4 Å². The van der Waals surface area contributed by atoms with Crippen molar-refractivity contribution in [3.8, 4) is 5.75 Å². The molecule has 0 heterocycles. The maximum Gasteiger partial charge on any atom is 0.291 e. The second-order valence-electron chi connectivity index (χ2n) is 7.32. The van der Waals surface area contributed by atoms with Crippen LogP contribution in [0.5, 0.6) is 5.75 Å². The molecule has 5 N–H and O–H groups in total. The van der Waals surface area contributed by atoms with Crippen LogP contribution in [0.1, 0.15) is 26.7 Å². The summed E-state index contributed by atoms with van der Waals surface area (Å²) >= 11 is 5.18. The van der Waals surface area contributed by atoms with Crippen LogP contribution in [0.25, 0.3) is 0 Å². The number of carbonyl (C=O) groups excluding carboxylic acids is 4. The Kier molecular flexibility index (Phi) is 11.3. The first-order valence-corrected chi connectivity index (χ1v) is 10.3. The van der Waals surface area contributed by atoms with Crippen LogP contribution in [0.4, 0.5) is 10.1 Å².